The second kappa shape index (κ2) is 5.57. The van der Waals surface area contributed by atoms with Gasteiger partial charge >= 0.3 is 0 Å². The standard InChI is InChI=1S/C9H18ClNO/c1-4-9(3,7-12)11-6-8(2)5-10/h5,11-12H,4,6-7H2,1-3H3. The molecule has 0 aliphatic heterocycles. The van der Waals surface area contributed by atoms with Gasteiger partial charge in [-0.15, -0.1) is 0 Å². The Balaban J connectivity index is 3.89. The number of rotatable bonds is 5. The molecule has 0 aliphatic carbocycles. The Morgan fingerprint density at radius 3 is 2.58 bits per heavy atom. The summed E-state index contributed by atoms with van der Waals surface area (Å²) in [6.07, 6.45) is 0.902. The van der Waals surface area contributed by atoms with E-state index in [1.54, 1.807) is 5.54 Å². The van der Waals surface area contributed by atoms with E-state index in [1.807, 2.05) is 20.8 Å². The van der Waals surface area contributed by atoms with Gasteiger partial charge in [0, 0.05) is 17.6 Å². The molecule has 0 saturated heterocycles. The highest BCUT2D eigenvalue weighted by Gasteiger charge is 2.19. The normalized spacial score (nSPS) is 17.6. The Bertz CT molecular complexity index is 153. The fourth-order valence-electron chi connectivity index (χ4n) is 0.684. The summed E-state index contributed by atoms with van der Waals surface area (Å²) in [4.78, 5) is 0. The first-order valence-corrected chi connectivity index (χ1v) is 4.63. The molecule has 0 aliphatic rings. The van der Waals surface area contributed by atoms with Crippen molar-refractivity contribution in [1.82, 2.24) is 5.32 Å². The molecule has 0 aromatic rings. The zero-order valence-corrected chi connectivity index (χ0v) is 8.78. The van der Waals surface area contributed by atoms with Crippen LogP contribution < -0.4 is 5.32 Å². The number of hydrogen-bond donors (Lipinski definition) is 2. The molecule has 2 N–H and O–H groups in total. The van der Waals surface area contributed by atoms with Gasteiger partial charge in [0.25, 0.3) is 0 Å². The quantitative estimate of drug-likeness (QED) is 0.696. The van der Waals surface area contributed by atoms with Gasteiger partial charge in [-0.3, -0.25) is 0 Å². The molecule has 0 amide bonds. The summed E-state index contributed by atoms with van der Waals surface area (Å²) in [5.41, 5.74) is 2.45. The van der Waals surface area contributed by atoms with Crippen LogP contribution >= 0.6 is 11.6 Å². The van der Waals surface area contributed by atoms with Crippen LogP contribution in [0.4, 0.5) is 0 Å². The van der Waals surface area contributed by atoms with E-state index in [0.29, 0.717) is 0 Å². The van der Waals surface area contributed by atoms with E-state index in [1.165, 1.54) is 0 Å². The molecule has 1 atom stereocenters. The van der Waals surface area contributed by atoms with Gasteiger partial charge in [-0.25, -0.2) is 0 Å². The first-order chi connectivity index (χ1) is 5.58. The molecule has 0 rings (SSSR count). The molecule has 0 fully saturated rings. The Labute approximate surface area is 79.6 Å². The summed E-state index contributed by atoms with van der Waals surface area (Å²) in [6, 6.07) is 0. The maximum absolute atomic E-state index is 9.06. The number of hydrogen-bond acceptors (Lipinski definition) is 2. The lowest BCUT2D eigenvalue weighted by Crippen LogP contribution is -2.45. The number of halogens is 1. The van der Waals surface area contributed by atoms with Gasteiger partial charge in [0.1, 0.15) is 0 Å². The van der Waals surface area contributed by atoms with Gasteiger partial charge in [-0.05, 0) is 25.8 Å². The minimum absolute atomic E-state index is 0.152. The zero-order valence-electron chi connectivity index (χ0n) is 8.02. The molecule has 2 nitrogen and oxygen atoms in total. The largest absolute Gasteiger partial charge is 0.394 e. The van der Waals surface area contributed by atoms with Crippen molar-refractivity contribution in [2.45, 2.75) is 32.7 Å². The van der Waals surface area contributed by atoms with Crippen LogP contribution in [0.25, 0.3) is 0 Å². The van der Waals surface area contributed by atoms with E-state index in [4.69, 9.17) is 16.7 Å². The van der Waals surface area contributed by atoms with Crippen molar-refractivity contribution in [1.29, 1.82) is 0 Å². The minimum Gasteiger partial charge on any atom is -0.394 e. The average Bonchev–Trinajstić information content (AvgIpc) is 2.13. The Morgan fingerprint density at radius 2 is 2.25 bits per heavy atom. The van der Waals surface area contributed by atoms with Gasteiger partial charge in [0.15, 0.2) is 0 Å². The Kier molecular flexibility index (Phi) is 5.55. The van der Waals surface area contributed by atoms with Crippen LogP contribution in [0.5, 0.6) is 0 Å². The van der Waals surface area contributed by atoms with Crippen molar-refractivity contribution >= 4 is 11.6 Å². The van der Waals surface area contributed by atoms with Crippen molar-refractivity contribution in [3.63, 3.8) is 0 Å². The van der Waals surface area contributed by atoms with E-state index < -0.39 is 0 Å². The third-order valence-electron chi connectivity index (χ3n) is 2.11. The smallest absolute Gasteiger partial charge is 0.0610 e. The predicted molar refractivity (Wildman–Crippen MR) is 53.4 cm³/mol. The number of aliphatic hydroxyl groups is 1. The van der Waals surface area contributed by atoms with E-state index >= 15 is 0 Å². The number of aliphatic hydroxyl groups excluding tert-OH is 1. The van der Waals surface area contributed by atoms with Gasteiger partial charge in [0.05, 0.1) is 6.61 Å². The first kappa shape index (κ1) is 11.9. The van der Waals surface area contributed by atoms with Crippen molar-refractivity contribution < 1.29 is 5.11 Å². The summed E-state index contributed by atoms with van der Waals surface area (Å²) in [6.45, 7) is 6.87. The fraction of sp³-hybridized carbons (Fsp3) is 0.778. The van der Waals surface area contributed by atoms with Gasteiger partial charge in [-0.2, -0.15) is 0 Å². The minimum atomic E-state index is -0.179. The highest BCUT2D eigenvalue weighted by atomic mass is 35.5. The van der Waals surface area contributed by atoms with Crippen molar-refractivity contribution in [2.24, 2.45) is 0 Å². The van der Waals surface area contributed by atoms with Gasteiger partial charge in [-0.1, -0.05) is 18.5 Å². The van der Waals surface area contributed by atoms with E-state index in [-0.39, 0.29) is 12.1 Å². The summed E-state index contributed by atoms with van der Waals surface area (Å²) < 4.78 is 0. The van der Waals surface area contributed by atoms with Crippen LogP contribution in [0.1, 0.15) is 27.2 Å². The van der Waals surface area contributed by atoms with Gasteiger partial charge in [0.2, 0.25) is 0 Å². The zero-order chi connectivity index (χ0) is 9.61. The molecular formula is C9H18ClNO. The van der Waals surface area contributed by atoms with Crippen molar-refractivity contribution in [2.75, 3.05) is 13.2 Å². The molecule has 0 bridgehead atoms. The molecule has 1 unspecified atom stereocenters. The highest BCUT2D eigenvalue weighted by Crippen LogP contribution is 2.08. The summed E-state index contributed by atoms with van der Waals surface area (Å²) >= 11 is 5.50. The Morgan fingerprint density at radius 1 is 1.67 bits per heavy atom. The SMILES string of the molecule is CCC(C)(CO)NCC(C)=CCl. The third-order valence-corrected chi connectivity index (χ3v) is 2.48. The monoisotopic (exact) mass is 191 g/mol. The third kappa shape index (κ3) is 4.10. The predicted octanol–water partition coefficient (Wildman–Crippen LogP) is 1.88. The van der Waals surface area contributed by atoms with E-state index in [9.17, 15) is 0 Å². The van der Waals surface area contributed by atoms with E-state index in [2.05, 4.69) is 5.32 Å². The molecule has 0 aromatic carbocycles. The first-order valence-electron chi connectivity index (χ1n) is 4.19. The van der Waals surface area contributed by atoms with Crippen LogP contribution in [0, 0.1) is 0 Å². The maximum Gasteiger partial charge on any atom is 0.0610 e. The average molecular weight is 192 g/mol. The van der Waals surface area contributed by atoms with E-state index in [0.717, 1.165) is 18.5 Å². The molecule has 0 aromatic heterocycles. The van der Waals surface area contributed by atoms with Crippen LogP contribution in [0.2, 0.25) is 0 Å². The van der Waals surface area contributed by atoms with Crippen molar-refractivity contribution in [3.8, 4) is 0 Å². The van der Waals surface area contributed by atoms with Crippen LogP contribution in [-0.4, -0.2) is 23.8 Å². The lowest BCUT2D eigenvalue weighted by Gasteiger charge is -2.27. The fourth-order valence-corrected chi connectivity index (χ4v) is 0.761. The van der Waals surface area contributed by atoms with Gasteiger partial charge < -0.3 is 10.4 Å². The second-order valence-corrected chi connectivity index (χ2v) is 3.60. The lowest BCUT2D eigenvalue weighted by molar-refractivity contribution is 0.173. The molecule has 0 saturated carbocycles. The molecule has 0 spiro atoms. The molecule has 0 heterocycles. The molecule has 12 heavy (non-hydrogen) atoms. The highest BCUT2D eigenvalue weighted by molar-refractivity contribution is 6.25. The second-order valence-electron chi connectivity index (χ2n) is 3.38. The van der Waals surface area contributed by atoms with Crippen LogP contribution in [0.3, 0.4) is 0 Å². The maximum atomic E-state index is 9.06. The van der Waals surface area contributed by atoms with Crippen molar-refractivity contribution in [3.05, 3.63) is 11.1 Å². The summed E-state index contributed by atoms with van der Waals surface area (Å²) in [5.74, 6) is 0. The Hall–Kier alpha value is -0.0500. The molecule has 72 valence electrons. The topological polar surface area (TPSA) is 32.3 Å². The summed E-state index contributed by atoms with van der Waals surface area (Å²) in [5, 5.41) is 12.3. The molecule has 0 radical (unpaired) electrons. The number of nitrogens with one attached hydrogen (secondary N) is 1. The lowest BCUT2D eigenvalue weighted by atomic mass is 10.00. The summed E-state index contributed by atoms with van der Waals surface area (Å²) in [7, 11) is 0. The van der Waals surface area contributed by atoms with Crippen LogP contribution in [-0.2, 0) is 0 Å². The molecule has 3 heteroatoms. The molecular weight excluding hydrogens is 174 g/mol. The van der Waals surface area contributed by atoms with Crippen LogP contribution in [0.15, 0.2) is 11.1 Å².